The largest absolute Gasteiger partial charge is 0.493 e. The molecule has 132 valence electrons. The van der Waals surface area contributed by atoms with Crippen LogP contribution in [-0.2, 0) is 11.2 Å². The molecule has 0 bridgehead atoms. The van der Waals surface area contributed by atoms with E-state index in [1.807, 2.05) is 47.4 Å². The van der Waals surface area contributed by atoms with Gasteiger partial charge in [0.15, 0.2) is 11.5 Å². The maximum Gasteiger partial charge on any atom is 0.233 e. The highest BCUT2D eigenvalue weighted by Gasteiger charge is 2.32. The molecule has 0 saturated carbocycles. The number of halogens is 1. The molecule has 0 spiro atoms. The van der Waals surface area contributed by atoms with Crippen LogP contribution in [-0.4, -0.2) is 37.3 Å². The Morgan fingerprint density at radius 1 is 1.12 bits per heavy atom. The third-order valence-electron chi connectivity index (χ3n) is 4.21. The standard InChI is InChI=1S/C19H20ClNO3S/c1-23-16-8-3-13(11-17(16)24-2)9-10-21-18(22)12-25-19(21)14-4-6-15(20)7-5-14/h3-8,11,19H,9-10,12H2,1-2H3. The molecule has 25 heavy (non-hydrogen) atoms. The molecular formula is C19H20ClNO3S. The molecule has 4 nitrogen and oxygen atoms in total. The lowest BCUT2D eigenvalue weighted by atomic mass is 10.1. The van der Waals surface area contributed by atoms with Crippen molar-refractivity contribution in [2.75, 3.05) is 26.5 Å². The van der Waals surface area contributed by atoms with Gasteiger partial charge in [0, 0.05) is 11.6 Å². The Morgan fingerprint density at radius 3 is 2.52 bits per heavy atom. The molecule has 2 aromatic rings. The van der Waals surface area contributed by atoms with Gasteiger partial charge >= 0.3 is 0 Å². The van der Waals surface area contributed by atoms with Gasteiger partial charge < -0.3 is 14.4 Å². The highest BCUT2D eigenvalue weighted by Crippen LogP contribution is 2.39. The summed E-state index contributed by atoms with van der Waals surface area (Å²) in [6.45, 7) is 0.661. The van der Waals surface area contributed by atoms with E-state index in [2.05, 4.69) is 0 Å². The Morgan fingerprint density at radius 2 is 1.84 bits per heavy atom. The van der Waals surface area contributed by atoms with Gasteiger partial charge in [-0.25, -0.2) is 0 Å². The number of ether oxygens (including phenoxy) is 2. The topological polar surface area (TPSA) is 38.8 Å². The fourth-order valence-electron chi connectivity index (χ4n) is 2.89. The number of amides is 1. The summed E-state index contributed by atoms with van der Waals surface area (Å²) in [5.74, 6) is 2.10. The summed E-state index contributed by atoms with van der Waals surface area (Å²) in [5, 5.41) is 0.750. The lowest BCUT2D eigenvalue weighted by Crippen LogP contribution is -2.30. The first-order valence-corrected chi connectivity index (χ1v) is 9.42. The Balaban J connectivity index is 1.72. The van der Waals surface area contributed by atoms with Gasteiger partial charge in [0.1, 0.15) is 5.37 Å². The first kappa shape index (κ1) is 18.0. The van der Waals surface area contributed by atoms with Crippen molar-refractivity contribution >= 4 is 29.3 Å². The second kappa shape index (κ2) is 8.02. The number of hydrogen-bond acceptors (Lipinski definition) is 4. The highest BCUT2D eigenvalue weighted by atomic mass is 35.5. The Hall–Kier alpha value is -1.85. The van der Waals surface area contributed by atoms with Gasteiger partial charge in [0.2, 0.25) is 5.91 Å². The molecule has 0 aromatic heterocycles. The van der Waals surface area contributed by atoms with E-state index in [4.69, 9.17) is 21.1 Å². The van der Waals surface area contributed by atoms with E-state index >= 15 is 0 Å². The number of hydrogen-bond donors (Lipinski definition) is 0. The van der Waals surface area contributed by atoms with Crippen LogP contribution < -0.4 is 9.47 Å². The van der Waals surface area contributed by atoms with E-state index < -0.39 is 0 Å². The average molecular weight is 378 g/mol. The number of methoxy groups -OCH3 is 2. The molecule has 2 aromatic carbocycles. The van der Waals surface area contributed by atoms with Gasteiger partial charge in [-0.3, -0.25) is 4.79 Å². The minimum absolute atomic E-state index is 0.0462. The molecule has 1 aliphatic heterocycles. The summed E-state index contributed by atoms with van der Waals surface area (Å²) in [6.07, 6.45) is 0.761. The van der Waals surface area contributed by atoms with Crippen LogP contribution in [0.2, 0.25) is 5.02 Å². The Bertz CT molecular complexity index is 751. The molecule has 6 heteroatoms. The molecule has 1 amide bonds. The molecule has 0 aliphatic carbocycles. The Labute approximate surface area is 157 Å². The normalized spacial score (nSPS) is 17.0. The SMILES string of the molecule is COc1ccc(CCN2C(=O)CSC2c2ccc(Cl)cc2)cc1OC. The molecule has 1 saturated heterocycles. The number of carbonyl (C=O) groups is 1. The first-order valence-electron chi connectivity index (χ1n) is 8.00. The maximum absolute atomic E-state index is 12.3. The summed E-state index contributed by atoms with van der Waals surface area (Å²) in [7, 11) is 3.24. The van der Waals surface area contributed by atoms with E-state index in [0.717, 1.165) is 17.5 Å². The maximum atomic E-state index is 12.3. The number of carbonyl (C=O) groups excluding carboxylic acids is 1. The quantitative estimate of drug-likeness (QED) is 0.757. The lowest BCUT2D eigenvalue weighted by Gasteiger charge is -2.24. The fraction of sp³-hybridized carbons (Fsp3) is 0.316. The van der Waals surface area contributed by atoms with Gasteiger partial charge in [0.25, 0.3) is 0 Å². The zero-order valence-corrected chi connectivity index (χ0v) is 15.8. The summed E-state index contributed by atoms with van der Waals surface area (Å²) in [4.78, 5) is 14.2. The van der Waals surface area contributed by atoms with Crippen molar-refractivity contribution in [1.82, 2.24) is 4.90 Å². The van der Waals surface area contributed by atoms with Gasteiger partial charge in [-0.1, -0.05) is 29.8 Å². The first-order chi connectivity index (χ1) is 12.1. The fourth-order valence-corrected chi connectivity index (χ4v) is 4.23. The monoisotopic (exact) mass is 377 g/mol. The summed E-state index contributed by atoms with van der Waals surface area (Å²) < 4.78 is 10.6. The minimum atomic E-state index is 0.0462. The molecule has 1 heterocycles. The van der Waals surface area contributed by atoms with Gasteiger partial charge in [-0.2, -0.15) is 0 Å². The van der Waals surface area contributed by atoms with Crippen molar-refractivity contribution in [2.24, 2.45) is 0 Å². The Kier molecular flexibility index (Phi) is 5.76. The molecule has 0 N–H and O–H groups in total. The van der Waals surface area contributed by atoms with E-state index in [0.29, 0.717) is 28.8 Å². The van der Waals surface area contributed by atoms with Crippen LogP contribution in [0.3, 0.4) is 0 Å². The van der Waals surface area contributed by atoms with Crippen molar-refractivity contribution < 1.29 is 14.3 Å². The number of nitrogens with zero attached hydrogens (tertiary/aromatic N) is 1. The number of rotatable bonds is 6. The third kappa shape index (κ3) is 4.05. The van der Waals surface area contributed by atoms with Crippen molar-refractivity contribution in [1.29, 1.82) is 0 Å². The van der Waals surface area contributed by atoms with Crippen LogP contribution in [0.25, 0.3) is 0 Å². The van der Waals surface area contributed by atoms with Crippen LogP contribution in [0, 0.1) is 0 Å². The molecule has 3 rings (SSSR count). The van der Waals surface area contributed by atoms with Gasteiger partial charge in [-0.05, 0) is 41.8 Å². The molecule has 1 aliphatic rings. The van der Waals surface area contributed by atoms with Crippen LogP contribution in [0.5, 0.6) is 11.5 Å². The molecular weight excluding hydrogens is 358 g/mol. The van der Waals surface area contributed by atoms with Crippen molar-refractivity contribution in [3.63, 3.8) is 0 Å². The minimum Gasteiger partial charge on any atom is -0.493 e. The number of thioether (sulfide) groups is 1. The third-order valence-corrected chi connectivity index (χ3v) is 5.72. The van der Waals surface area contributed by atoms with E-state index in [9.17, 15) is 4.79 Å². The number of benzene rings is 2. The van der Waals surface area contributed by atoms with Crippen LogP contribution >= 0.6 is 23.4 Å². The van der Waals surface area contributed by atoms with Gasteiger partial charge in [-0.15, -0.1) is 11.8 Å². The van der Waals surface area contributed by atoms with Gasteiger partial charge in [0.05, 0.1) is 20.0 Å². The predicted molar refractivity (Wildman–Crippen MR) is 102 cm³/mol. The zero-order valence-electron chi connectivity index (χ0n) is 14.2. The molecule has 1 atom stereocenters. The van der Waals surface area contributed by atoms with Crippen molar-refractivity contribution in [3.8, 4) is 11.5 Å². The highest BCUT2D eigenvalue weighted by molar-refractivity contribution is 8.00. The summed E-state index contributed by atoms with van der Waals surface area (Å²) >= 11 is 7.62. The second-order valence-corrected chi connectivity index (χ2v) is 7.25. The average Bonchev–Trinajstić information content (AvgIpc) is 3.01. The van der Waals surface area contributed by atoms with Crippen LogP contribution in [0.4, 0.5) is 0 Å². The van der Waals surface area contributed by atoms with Crippen molar-refractivity contribution in [2.45, 2.75) is 11.8 Å². The van der Waals surface area contributed by atoms with Crippen LogP contribution in [0.1, 0.15) is 16.5 Å². The lowest BCUT2D eigenvalue weighted by molar-refractivity contribution is -0.128. The van der Waals surface area contributed by atoms with E-state index in [1.54, 1.807) is 26.0 Å². The zero-order chi connectivity index (χ0) is 17.8. The second-order valence-electron chi connectivity index (χ2n) is 5.74. The van der Waals surface area contributed by atoms with Crippen LogP contribution in [0.15, 0.2) is 42.5 Å². The van der Waals surface area contributed by atoms with Crippen molar-refractivity contribution in [3.05, 3.63) is 58.6 Å². The molecule has 1 fully saturated rings. The summed E-state index contributed by atoms with van der Waals surface area (Å²) in [6, 6.07) is 13.6. The van der Waals surface area contributed by atoms with E-state index in [1.165, 1.54) is 0 Å². The smallest absolute Gasteiger partial charge is 0.233 e. The predicted octanol–water partition coefficient (Wildman–Crippen LogP) is 4.17. The summed E-state index contributed by atoms with van der Waals surface area (Å²) in [5.41, 5.74) is 2.21. The van der Waals surface area contributed by atoms with E-state index in [-0.39, 0.29) is 11.3 Å². The molecule has 0 radical (unpaired) electrons. The molecule has 1 unspecified atom stereocenters.